The van der Waals surface area contributed by atoms with Gasteiger partial charge in [0.25, 0.3) is 5.16 Å². The summed E-state index contributed by atoms with van der Waals surface area (Å²) in [7, 11) is -3.39. The van der Waals surface area contributed by atoms with E-state index < -0.39 is 9.84 Å². The lowest BCUT2D eigenvalue weighted by molar-refractivity contribution is 0.589. The lowest BCUT2D eigenvalue weighted by Gasteiger charge is -2.06. The fourth-order valence-electron chi connectivity index (χ4n) is 2.31. The number of allylic oxidation sites excluding steroid dienone is 1. The number of hydrogen-bond donors (Lipinski definition) is 0. The number of hydrogen-bond acceptors (Lipinski definition) is 4. The number of aromatic nitrogens is 3. The summed E-state index contributed by atoms with van der Waals surface area (Å²) in [4.78, 5) is 0. The van der Waals surface area contributed by atoms with E-state index in [1.54, 1.807) is 4.57 Å². The fourth-order valence-corrected chi connectivity index (χ4v) is 3.08. The van der Waals surface area contributed by atoms with Crippen LogP contribution < -0.4 is 0 Å². The molecule has 0 atom stereocenters. The van der Waals surface area contributed by atoms with Gasteiger partial charge in [-0.3, -0.25) is 4.57 Å². The predicted octanol–water partition coefficient (Wildman–Crippen LogP) is 1.60. The van der Waals surface area contributed by atoms with Crippen molar-refractivity contribution in [1.82, 2.24) is 14.8 Å². The zero-order valence-electron chi connectivity index (χ0n) is 10.7. The van der Waals surface area contributed by atoms with E-state index in [1.807, 2.05) is 37.3 Å². The summed E-state index contributed by atoms with van der Waals surface area (Å²) in [6.07, 6.45) is 3.69. The van der Waals surface area contributed by atoms with Crippen LogP contribution in [0, 0.1) is 0 Å². The first kappa shape index (κ1) is 12.1. The molecule has 0 N–H and O–H groups in total. The molecule has 1 aromatic carbocycles. The highest BCUT2D eigenvalue weighted by atomic mass is 32.2. The van der Waals surface area contributed by atoms with Gasteiger partial charge in [-0.05, 0) is 24.1 Å². The molecule has 19 heavy (non-hydrogen) atoms. The molecule has 6 heteroatoms. The van der Waals surface area contributed by atoms with E-state index in [-0.39, 0.29) is 5.16 Å². The minimum absolute atomic E-state index is 0.00376. The molecule has 2 heterocycles. The minimum atomic E-state index is -3.39. The van der Waals surface area contributed by atoms with Crippen molar-refractivity contribution in [2.75, 3.05) is 6.26 Å². The Morgan fingerprint density at radius 2 is 1.95 bits per heavy atom. The molecule has 3 rings (SSSR count). The van der Waals surface area contributed by atoms with Crippen molar-refractivity contribution in [2.45, 2.75) is 18.5 Å². The smallest absolute Gasteiger partial charge is 0.253 e. The maximum atomic E-state index is 11.7. The first-order chi connectivity index (χ1) is 8.97. The lowest BCUT2D eigenvalue weighted by atomic mass is 10.0. The summed E-state index contributed by atoms with van der Waals surface area (Å²) >= 11 is 0. The highest BCUT2D eigenvalue weighted by molar-refractivity contribution is 7.90. The first-order valence-electron chi connectivity index (χ1n) is 5.88. The molecule has 0 saturated heterocycles. The average molecular weight is 275 g/mol. The molecule has 0 aliphatic carbocycles. The lowest BCUT2D eigenvalue weighted by Crippen LogP contribution is -2.09. The zero-order valence-corrected chi connectivity index (χ0v) is 11.5. The van der Waals surface area contributed by atoms with Crippen LogP contribution in [0.1, 0.15) is 23.9 Å². The van der Waals surface area contributed by atoms with Crippen molar-refractivity contribution in [1.29, 1.82) is 0 Å². The summed E-state index contributed by atoms with van der Waals surface area (Å²) in [5.74, 6) is 0.652. The molecule has 98 valence electrons. The molecule has 0 spiro atoms. The van der Waals surface area contributed by atoms with E-state index in [0.717, 1.165) is 23.1 Å². The van der Waals surface area contributed by atoms with E-state index >= 15 is 0 Å². The predicted molar refractivity (Wildman–Crippen MR) is 72.2 cm³/mol. The number of benzene rings is 1. The number of sulfone groups is 1. The van der Waals surface area contributed by atoms with Gasteiger partial charge in [-0.15, -0.1) is 10.2 Å². The van der Waals surface area contributed by atoms with Crippen LogP contribution in [0.25, 0.3) is 11.8 Å². The van der Waals surface area contributed by atoms with Crippen LogP contribution in [0.3, 0.4) is 0 Å². The third kappa shape index (κ3) is 1.98. The molecule has 1 aliphatic heterocycles. The Labute approximate surface area is 111 Å². The molecule has 0 unspecified atom stereocenters. The Kier molecular flexibility index (Phi) is 2.56. The Bertz CT molecular complexity index is 788. The van der Waals surface area contributed by atoms with Crippen LogP contribution in [0.2, 0.25) is 0 Å². The van der Waals surface area contributed by atoms with Crippen LogP contribution in [-0.2, 0) is 16.3 Å². The molecular weight excluding hydrogens is 262 g/mol. The SMILES string of the molecule is CC1=Cc2ccccc2Cc2nnc(S(C)(=O)=O)n21. The van der Waals surface area contributed by atoms with E-state index in [4.69, 9.17) is 0 Å². The number of fused-ring (bicyclic) bond motifs is 2. The van der Waals surface area contributed by atoms with Gasteiger partial charge in [-0.1, -0.05) is 24.3 Å². The van der Waals surface area contributed by atoms with Crippen LogP contribution in [0.5, 0.6) is 0 Å². The molecule has 0 saturated carbocycles. The second-order valence-electron chi connectivity index (χ2n) is 4.67. The Balaban J connectivity index is 2.28. The van der Waals surface area contributed by atoms with Gasteiger partial charge in [0.2, 0.25) is 9.84 Å². The van der Waals surface area contributed by atoms with Gasteiger partial charge in [-0.2, -0.15) is 0 Å². The van der Waals surface area contributed by atoms with Crippen LogP contribution in [-0.4, -0.2) is 29.4 Å². The van der Waals surface area contributed by atoms with Gasteiger partial charge in [-0.25, -0.2) is 8.42 Å². The largest absolute Gasteiger partial charge is 0.274 e. The maximum Gasteiger partial charge on any atom is 0.253 e. The summed E-state index contributed by atoms with van der Waals surface area (Å²) in [5.41, 5.74) is 3.02. The highest BCUT2D eigenvalue weighted by Gasteiger charge is 2.23. The summed E-state index contributed by atoms with van der Waals surface area (Å²) < 4.78 is 25.1. The zero-order chi connectivity index (χ0) is 13.6. The molecule has 0 amide bonds. The Morgan fingerprint density at radius 1 is 1.21 bits per heavy atom. The third-order valence-electron chi connectivity index (χ3n) is 3.15. The summed E-state index contributed by atoms with van der Waals surface area (Å²) in [6.45, 7) is 1.86. The molecule has 2 aromatic rings. The Hall–Kier alpha value is -1.95. The minimum Gasteiger partial charge on any atom is -0.274 e. The van der Waals surface area contributed by atoms with Crippen LogP contribution in [0.4, 0.5) is 0 Å². The third-order valence-corrected chi connectivity index (χ3v) is 4.08. The van der Waals surface area contributed by atoms with Crippen molar-refractivity contribution in [2.24, 2.45) is 0 Å². The van der Waals surface area contributed by atoms with Crippen molar-refractivity contribution < 1.29 is 8.42 Å². The molecule has 0 radical (unpaired) electrons. The molecule has 0 bridgehead atoms. The van der Waals surface area contributed by atoms with Crippen molar-refractivity contribution in [3.63, 3.8) is 0 Å². The van der Waals surface area contributed by atoms with E-state index in [9.17, 15) is 8.42 Å². The standard InChI is InChI=1S/C13H13N3O2S/c1-9-7-10-5-3-4-6-11(10)8-12-14-15-13(16(9)12)19(2,17)18/h3-7H,8H2,1-2H3. The van der Waals surface area contributed by atoms with Gasteiger partial charge in [0.1, 0.15) is 5.82 Å². The van der Waals surface area contributed by atoms with Crippen molar-refractivity contribution in [3.8, 4) is 0 Å². The molecule has 0 fully saturated rings. The van der Waals surface area contributed by atoms with E-state index in [1.165, 1.54) is 0 Å². The highest BCUT2D eigenvalue weighted by Crippen LogP contribution is 2.26. The van der Waals surface area contributed by atoms with Gasteiger partial charge < -0.3 is 0 Å². The van der Waals surface area contributed by atoms with Crippen LogP contribution >= 0.6 is 0 Å². The molecular formula is C13H13N3O2S. The monoisotopic (exact) mass is 275 g/mol. The fraction of sp³-hybridized carbons (Fsp3) is 0.231. The first-order valence-corrected chi connectivity index (χ1v) is 7.77. The quantitative estimate of drug-likeness (QED) is 0.793. The van der Waals surface area contributed by atoms with Crippen molar-refractivity contribution in [3.05, 3.63) is 41.2 Å². The van der Waals surface area contributed by atoms with Crippen molar-refractivity contribution >= 4 is 21.6 Å². The number of nitrogens with zero attached hydrogens (tertiary/aromatic N) is 3. The average Bonchev–Trinajstić information content (AvgIpc) is 2.70. The maximum absolute atomic E-state index is 11.7. The topological polar surface area (TPSA) is 64.8 Å². The number of rotatable bonds is 1. The normalized spacial score (nSPS) is 14.3. The molecule has 1 aliphatic rings. The van der Waals surface area contributed by atoms with Crippen LogP contribution in [0.15, 0.2) is 29.4 Å². The van der Waals surface area contributed by atoms with E-state index in [2.05, 4.69) is 10.2 Å². The molecule has 1 aromatic heterocycles. The molecule has 5 nitrogen and oxygen atoms in total. The van der Waals surface area contributed by atoms with Gasteiger partial charge >= 0.3 is 0 Å². The van der Waals surface area contributed by atoms with Gasteiger partial charge in [0.15, 0.2) is 0 Å². The van der Waals surface area contributed by atoms with E-state index in [0.29, 0.717) is 12.2 Å². The van der Waals surface area contributed by atoms with Gasteiger partial charge in [0, 0.05) is 18.4 Å². The summed E-state index contributed by atoms with van der Waals surface area (Å²) in [6, 6.07) is 7.96. The second kappa shape index (κ2) is 4.03. The van der Waals surface area contributed by atoms with Gasteiger partial charge in [0.05, 0.1) is 0 Å². The Morgan fingerprint density at radius 3 is 2.68 bits per heavy atom. The second-order valence-corrected chi connectivity index (χ2v) is 6.58. The summed E-state index contributed by atoms with van der Waals surface area (Å²) in [5, 5.41) is 7.85.